The van der Waals surface area contributed by atoms with Crippen molar-refractivity contribution in [1.29, 1.82) is 0 Å². The molecular weight excluding hydrogens is 316 g/mol. The fourth-order valence-electron chi connectivity index (χ4n) is 4.16. The normalized spacial score (nSPS) is 25.6. The summed E-state index contributed by atoms with van der Waals surface area (Å²) in [6.07, 6.45) is 2.58. The summed E-state index contributed by atoms with van der Waals surface area (Å²) in [4.78, 5) is 16.8. The number of likely N-dealkylation sites (tertiary alicyclic amines) is 1. The van der Waals surface area contributed by atoms with Gasteiger partial charge in [-0.05, 0) is 30.9 Å². The lowest BCUT2D eigenvalue weighted by atomic mass is 9.86. The number of benzene rings is 1. The van der Waals surface area contributed by atoms with Gasteiger partial charge in [-0.1, -0.05) is 30.3 Å². The molecule has 2 saturated heterocycles. The van der Waals surface area contributed by atoms with Gasteiger partial charge in [0.2, 0.25) is 0 Å². The van der Waals surface area contributed by atoms with E-state index < -0.39 is 0 Å². The van der Waals surface area contributed by atoms with Crippen LogP contribution in [0.4, 0.5) is 0 Å². The lowest BCUT2D eigenvalue weighted by Crippen LogP contribution is -2.53. The van der Waals surface area contributed by atoms with Gasteiger partial charge in [-0.2, -0.15) is 0 Å². The Bertz CT molecular complexity index is 531. The molecule has 0 radical (unpaired) electrons. The zero-order valence-corrected chi connectivity index (χ0v) is 15.2. The molecule has 0 amide bonds. The van der Waals surface area contributed by atoms with E-state index in [0.29, 0.717) is 18.4 Å². The van der Waals surface area contributed by atoms with E-state index in [4.69, 9.17) is 9.47 Å². The van der Waals surface area contributed by atoms with Crippen molar-refractivity contribution in [3.05, 3.63) is 35.9 Å². The largest absolute Gasteiger partial charge is 0.469 e. The predicted molar refractivity (Wildman–Crippen MR) is 97.3 cm³/mol. The minimum atomic E-state index is -0.0964. The van der Waals surface area contributed by atoms with E-state index in [1.165, 1.54) is 19.1 Å². The van der Waals surface area contributed by atoms with E-state index in [-0.39, 0.29) is 5.97 Å². The summed E-state index contributed by atoms with van der Waals surface area (Å²) in [6.45, 7) is 6.84. The summed E-state index contributed by atoms with van der Waals surface area (Å²) in [6, 6.07) is 11.2. The summed E-state index contributed by atoms with van der Waals surface area (Å²) < 4.78 is 10.4. The maximum atomic E-state index is 11.6. The van der Waals surface area contributed by atoms with Crippen LogP contribution >= 0.6 is 0 Å². The minimum absolute atomic E-state index is 0.0964. The Morgan fingerprint density at radius 3 is 2.68 bits per heavy atom. The average Bonchev–Trinajstić information content (AvgIpc) is 2.67. The first-order valence-corrected chi connectivity index (χ1v) is 9.41. The molecule has 0 N–H and O–H groups in total. The van der Waals surface area contributed by atoms with Gasteiger partial charge in [-0.3, -0.25) is 14.6 Å². The first-order chi connectivity index (χ1) is 12.3. The monoisotopic (exact) mass is 346 g/mol. The van der Waals surface area contributed by atoms with Crippen molar-refractivity contribution in [2.24, 2.45) is 5.92 Å². The maximum absolute atomic E-state index is 11.6. The lowest BCUT2D eigenvalue weighted by molar-refractivity contribution is -0.141. The van der Waals surface area contributed by atoms with Crippen molar-refractivity contribution in [1.82, 2.24) is 9.80 Å². The number of piperidine rings is 1. The van der Waals surface area contributed by atoms with Gasteiger partial charge in [0.1, 0.15) is 0 Å². The smallest absolute Gasteiger partial charge is 0.305 e. The van der Waals surface area contributed by atoms with Crippen molar-refractivity contribution < 1.29 is 14.3 Å². The second-order valence-electron chi connectivity index (χ2n) is 7.10. The zero-order chi connectivity index (χ0) is 17.5. The third-order valence-corrected chi connectivity index (χ3v) is 5.49. The summed E-state index contributed by atoms with van der Waals surface area (Å²) in [5.74, 6) is 0.413. The molecule has 138 valence electrons. The zero-order valence-electron chi connectivity index (χ0n) is 15.2. The van der Waals surface area contributed by atoms with Crippen molar-refractivity contribution in [3.8, 4) is 0 Å². The molecule has 2 atom stereocenters. The van der Waals surface area contributed by atoms with Crippen LogP contribution in [0.25, 0.3) is 0 Å². The van der Waals surface area contributed by atoms with Crippen molar-refractivity contribution in [2.75, 3.05) is 46.5 Å². The van der Waals surface area contributed by atoms with Gasteiger partial charge in [-0.25, -0.2) is 0 Å². The maximum Gasteiger partial charge on any atom is 0.305 e. The van der Waals surface area contributed by atoms with Crippen LogP contribution in [0, 0.1) is 5.92 Å². The van der Waals surface area contributed by atoms with Gasteiger partial charge in [0.15, 0.2) is 0 Å². The summed E-state index contributed by atoms with van der Waals surface area (Å²) >= 11 is 0. The molecule has 0 unspecified atom stereocenters. The Kier molecular flexibility index (Phi) is 6.84. The number of morpholine rings is 1. The highest BCUT2D eigenvalue weighted by atomic mass is 16.5. The predicted octanol–water partition coefficient (Wildman–Crippen LogP) is 2.16. The third kappa shape index (κ3) is 5.27. The number of methoxy groups -OCH3 is 1. The van der Waals surface area contributed by atoms with Crippen LogP contribution in [0.2, 0.25) is 0 Å². The van der Waals surface area contributed by atoms with E-state index >= 15 is 0 Å². The van der Waals surface area contributed by atoms with Gasteiger partial charge < -0.3 is 9.47 Å². The molecular formula is C20H30N2O3. The molecule has 5 nitrogen and oxygen atoms in total. The Balaban J connectivity index is 1.62. The molecule has 2 aliphatic heterocycles. The number of carbonyl (C=O) groups is 1. The van der Waals surface area contributed by atoms with Crippen LogP contribution in [-0.2, 0) is 20.8 Å². The standard InChI is InChI=1S/C20H30N2O3/c1-24-20(23)8-7-18-16-21(15-17-5-3-2-4-6-17)10-9-19(18)22-11-13-25-14-12-22/h2-6,18-19H,7-16H2,1H3/t18-,19+/m0/s1. The van der Waals surface area contributed by atoms with Crippen molar-refractivity contribution >= 4 is 5.97 Å². The molecule has 0 bridgehead atoms. The van der Waals surface area contributed by atoms with Crippen LogP contribution in [0.3, 0.4) is 0 Å². The fraction of sp³-hybridized carbons (Fsp3) is 0.650. The van der Waals surface area contributed by atoms with Crippen LogP contribution in [0.5, 0.6) is 0 Å². The number of ether oxygens (including phenoxy) is 2. The SMILES string of the molecule is COC(=O)CC[C@H]1CN(Cc2ccccc2)CC[C@H]1N1CCOCC1. The van der Waals surface area contributed by atoms with E-state index in [1.54, 1.807) is 0 Å². The number of hydrogen-bond acceptors (Lipinski definition) is 5. The van der Waals surface area contributed by atoms with Gasteiger partial charge >= 0.3 is 5.97 Å². The molecule has 2 fully saturated rings. The van der Waals surface area contributed by atoms with Crippen LogP contribution in [-0.4, -0.2) is 68.3 Å². The molecule has 1 aromatic carbocycles. The highest BCUT2D eigenvalue weighted by Crippen LogP contribution is 2.28. The second-order valence-corrected chi connectivity index (χ2v) is 7.10. The molecule has 25 heavy (non-hydrogen) atoms. The van der Waals surface area contributed by atoms with Crippen molar-refractivity contribution in [3.63, 3.8) is 0 Å². The van der Waals surface area contributed by atoms with Gasteiger partial charge in [-0.15, -0.1) is 0 Å². The second kappa shape index (κ2) is 9.32. The van der Waals surface area contributed by atoms with Crippen LogP contribution in [0.1, 0.15) is 24.8 Å². The van der Waals surface area contributed by atoms with Crippen LogP contribution < -0.4 is 0 Å². The molecule has 1 aromatic rings. The molecule has 3 rings (SSSR count). The van der Waals surface area contributed by atoms with Gasteiger partial charge in [0.25, 0.3) is 0 Å². The number of carbonyl (C=O) groups excluding carboxylic acids is 1. The number of esters is 1. The fourth-order valence-corrected chi connectivity index (χ4v) is 4.16. The van der Waals surface area contributed by atoms with Crippen LogP contribution in [0.15, 0.2) is 30.3 Å². The van der Waals surface area contributed by atoms with E-state index in [0.717, 1.165) is 52.4 Å². The van der Waals surface area contributed by atoms with E-state index in [2.05, 4.69) is 40.1 Å². The molecule has 5 heteroatoms. The summed E-state index contributed by atoms with van der Waals surface area (Å²) in [5.41, 5.74) is 1.36. The molecule has 2 aliphatic rings. The number of hydrogen-bond donors (Lipinski definition) is 0. The molecule has 0 aromatic heterocycles. The Hall–Kier alpha value is -1.43. The first kappa shape index (κ1) is 18.4. The Morgan fingerprint density at radius 2 is 1.96 bits per heavy atom. The van der Waals surface area contributed by atoms with Gasteiger partial charge in [0.05, 0.1) is 20.3 Å². The molecule has 2 heterocycles. The lowest BCUT2D eigenvalue weighted by Gasteiger charge is -2.45. The molecule has 0 saturated carbocycles. The Labute approximate surface area is 150 Å². The van der Waals surface area contributed by atoms with E-state index in [1.807, 2.05) is 0 Å². The van der Waals surface area contributed by atoms with Gasteiger partial charge in [0, 0.05) is 38.6 Å². The minimum Gasteiger partial charge on any atom is -0.469 e. The first-order valence-electron chi connectivity index (χ1n) is 9.41. The highest BCUT2D eigenvalue weighted by Gasteiger charge is 2.34. The third-order valence-electron chi connectivity index (χ3n) is 5.49. The number of rotatable bonds is 6. The van der Waals surface area contributed by atoms with E-state index in [9.17, 15) is 4.79 Å². The Morgan fingerprint density at radius 1 is 1.20 bits per heavy atom. The van der Waals surface area contributed by atoms with Crippen molar-refractivity contribution in [2.45, 2.75) is 31.8 Å². The topological polar surface area (TPSA) is 42.0 Å². The average molecular weight is 346 g/mol. The molecule has 0 aliphatic carbocycles. The molecule has 0 spiro atoms. The quantitative estimate of drug-likeness (QED) is 0.739. The number of nitrogens with zero attached hydrogens (tertiary/aromatic N) is 2. The summed E-state index contributed by atoms with van der Waals surface area (Å²) in [7, 11) is 1.48. The highest BCUT2D eigenvalue weighted by molar-refractivity contribution is 5.69. The summed E-state index contributed by atoms with van der Waals surface area (Å²) in [5, 5.41) is 0.